The van der Waals surface area contributed by atoms with E-state index in [2.05, 4.69) is 0 Å². The lowest BCUT2D eigenvalue weighted by Gasteiger charge is -2.35. The molecule has 3 atom stereocenters. The van der Waals surface area contributed by atoms with Crippen LogP contribution in [0.15, 0.2) is 0 Å². The van der Waals surface area contributed by atoms with Gasteiger partial charge >= 0.3 is 12.0 Å². The predicted octanol–water partition coefficient (Wildman–Crippen LogP) is 1.78. The molecule has 2 bridgehead atoms. The number of rotatable bonds is 4. The first-order valence-electron chi connectivity index (χ1n) is 6.82. The third-order valence-electron chi connectivity index (χ3n) is 4.24. The lowest BCUT2D eigenvalue weighted by atomic mass is 10.1. The Kier molecular flexibility index (Phi) is 3.78. The number of amides is 2. The lowest BCUT2D eigenvalue weighted by molar-refractivity contribution is -0.138. The summed E-state index contributed by atoms with van der Waals surface area (Å²) in [5, 5.41) is 8.83. The summed E-state index contributed by atoms with van der Waals surface area (Å²) >= 11 is 0. The number of piperidine rings is 1. The highest BCUT2D eigenvalue weighted by molar-refractivity contribution is 5.77. The van der Waals surface area contributed by atoms with Crippen molar-refractivity contribution in [1.82, 2.24) is 9.80 Å². The molecule has 0 aromatic carbocycles. The number of hydrogen-bond acceptors (Lipinski definition) is 2. The second-order valence-electron chi connectivity index (χ2n) is 5.50. The van der Waals surface area contributed by atoms with Gasteiger partial charge in [-0.15, -0.1) is 0 Å². The number of hydrogen-bond donors (Lipinski definition) is 1. The third kappa shape index (κ3) is 2.44. The van der Waals surface area contributed by atoms with Crippen LogP contribution in [0.2, 0.25) is 0 Å². The van der Waals surface area contributed by atoms with Gasteiger partial charge in [0.05, 0.1) is 6.42 Å². The van der Waals surface area contributed by atoms with Gasteiger partial charge in [0, 0.05) is 25.2 Å². The number of carboxylic acid groups (broad SMARTS) is 1. The number of likely N-dealkylation sites (tertiary alicyclic amines) is 1. The molecule has 102 valence electrons. The molecule has 0 aromatic rings. The maximum absolute atomic E-state index is 12.4. The van der Waals surface area contributed by atoms with E-state index in [1.807, 2.05) is 18.7 Å². The van der Waals surface area contributed by atoms with Crippen molar-refractivity contribution >= 4 is 12.0 Å². The van der Waals surface area contributed by atoms with Crippen LogP contribution in [0.1, 0.15) is 39.5 Å². The summed E-state index contributed by atoms with van der Waals surface area (Å²) in [7, 11) is 0. The minimum absolute atomic E-state index is 0.0154. The molecule has 0 spiro atoms. The second-order valence-corrected chi connectivity index (χ2v) is 5.50. The fraction of sp³-hybridized carbons (Fsp3) is 0.846. The van der Waals surface area contributed by atoms with E-state index in [0.29, 0.717) is 18.5 Å². The van der Waals surface area contributed by atoms with Gasteiger partial charge in [-0.05, 0) is 39.0 Å². The van der Waals surface area contributed by atoms with Crippen molar-refractivity contribution in [2.24, 2.45) is 5.92 Å². The van der Waals surface area contributed by atoms with Gasteiger partial charge in [0.25, 0.3) is 0 Å². The lowest BCUT2D eigenvalue weighted by Crippen LogP contribution is -2.50. The fourth-order valence-electron chi connectivity index (χ4n) is 3.32. The van der Waals surface area contributed by atoms with Crippen LogP contribution in [0.5, 0.6) is 0 Å². The van der Waals surface area contributed by atoms with Crippen LogP contribution in [0.4, 0.5) is 4.79 Å². The zero-order valence-corrected chi connectivity index (χ0v) is 11.1. The maximum Gasteiger partial charge on any atom is 0.320 e. The molecule has 1 aliphatic carbocycles. The Balaban J connectivity index is 1.99. The van der Waals surface area contributed by atoms with Crippen molar-refractivity contribution in [3.05, 3.63) is 0 Å². The normalized spacial score (nSPS) is 27.3. The van der Waals surface area contributed by atoms with Gasteiger partial charge in [-0.3, -0.25) is 4.79 Å². The van der Waals surface area contributed by atoms with Gasteiger partial charge in [0.2, 0.25) is 0 Å². The highest BCUT2D eigenvalue weighted by atomic mass is 16.4. The van der Waals surface area contributed by atoms with Crippen molar-refractivity contribution in [2.75, 3.05) is 13.1 Å². The van der Waals surface area contributed by atoms with Crippen molar-refractivity contribution in [3.63, 3.8) is 0 Å². The molecule has 1 saturated carbocycles. The van der Waals surface area contributed by atoms with Crippen LogP contribution in [0, 0.1) is 5.92 Å². The Hall–Kier alpha value is -1.26. The van der Waals surface area contributed by atoms with Gasteiger partial charge in [0.15, 0.2) is 0 Å². The number of nitrogens with zero attached hydrogens (tertiary/aromatic N) is 2. The Morgan fingerprint density at radius 3 is 2.61 bits per heavy atom. The molecule has 2 fully saturated rings. The van der Waals surface area contributed by atoms with Gasteiger partial charge in [-0.1, -0.05) is 0 Å². The van der Waals surface area contributed by atoms with E-state index >= 15 is 0 Å². The number of fused-ring (bicyclic) bond motifs is 2. The van der Waals surface area contributed by atoms with Crippen molar-refractivity contribution < 1.29 is 14.7 Å². The van der Waals surface area contributed by atoms with E-state index in [-0.39, 0.29) is 18.5 Å². The molecular weight excluding hydrogens is 232 g/mol. The van der Waals surface area contributed by atoms with E-state index < -0.39 is 5.97 Å². The molecule has 2 amide bonds. The average molecular weight is 254 g/mol. The highest BCUT2D eigenvalue weighted by Gasteiger charge is 2.42. The standard InChI is InChI=1S/C13H22N2O3/c1-3-14(9(2)6-12(16)17)13(18)15-8-10-4-5-11(15)7-10/h9-11H,3-8H2,1-2H3,(H,16,17). The summed E-state index contributed by atoms with van der Waals surface area (Å²) in [5.41, 5.74) is 0. The molecule has 18 heavy (non-hydrogen) atoms. The summed E-state index contributed by atoms with van der Waals surface area (Å²) in [6.07, 6.45) is 3.50. The highest BCUT2D eigenvalue weighted by Crippen LogP contribution is 2.38. The minimum atomic E-state index is -0.850. The average Bonchev–Trinajstić information content (AvgIpc) is 2.90. The van der Waals surface area contributed by atoms with Crippen LogP contribution in [-0.4, -0.2) is 52.1 Å². The van der Waals surface area contributed by atoms with Crippen LogP contribution < -0.4 is 0 Å². The van der Waals surface area contributed by atoms with Gasteiger partial charge in [0.1, 0.15) is 0 Å². The van der Waals surface area contributed by atoms with Crippen molar-refractivity contribution in [1.29, 1.82) is 0 Å². The number of carbonyl (C=O) groups is 2. The van der Waals surface area contributed by atoms with Crippen LogP contribution in [-0.2, 0) is 4.79 Å². The monoisotopic (exact) mass is 254 g/mol. The summed E-state index contributed by atoms with van der Waals surface area (Å²) in [5.74, 6) is -0.177. The van der Waals surface area contributed by atoms with Crippen molar-refractivity contribution in [3.8, 4) is 0 Å². The molecule has 0 aromatic heterocycles. The summed E-state index contributed by atoms with van der Waals surface area (Å²) in [4.78, 5) is 26.8. The van der Waals surface area contributed by atoms with Gasteiger partial charge < -0.3 is 14.9 Å². The topological polar surface area (TPSA) is 60.9 Å². The third-order valence-corrected chi connectivity index (χ3v) is 4.24. The molecule has 3 unspecified atom stereocenters. The zero-order valence-electron chi connectivity index (χ0n) is 11.1. The molecule has 5 heteroatoms. The first-order chi connectivity index (χ1) is 8.52. The molecule has 2 aliphatic rings. The molecule has 2 rings (SSSR count). The molecular formula is C13H22N2O3. The zero-order chi connectivity index (χ0) is 13.3. The molecule has 0 radical (unpaired) electrons. The van der Waals surface area contributed by atoms with Crippen LogP contribution >= 0.6 is 0 Å². The molecule has 1 N–H and O–H groups in total. The second kappa shape index (κ2) is 5.16. The Morgan fingerprint density at radius 2 is 2.17 bits per heavy atom. The Bertz CT molecular complexity index is 345. The van der Waals surface area contributed by atoms with E-state index in [4.69, 9.17) is 5.11 Å². The Labute approximate surface area is 108 Å². The summed E-state index contributed by atoms with van der Waals surface area (Å²) in [6, 6.07) is 0.186. The van der Waals surface area contributed by atoms with E-state index in [0.717, 1.165) is 19.4 Å². The summed E-state index contributed by atoms with van der Waals surface area (Å²) < 4.78 is 0. The predicted molar refractivity (Wildman–Crippen MR) is 67.3 cm³/mol. The molecule has 1 aliphatic heterocycles. The largest absolute Gasteiger partial charge is 0.481 e. The number of carboxylic acids is 1. The fourth-order valence-corrected chi connectivity index (χ4v) is 3.32. The van der Waals surface area contributed by atoms with Crippen LogP contribution in [0.25, 0.3) is 0 Å². The van der Waals surface area contributed by atoms with E-state index in [9.17, 15) is 9.59 Å². The molecule has 1 saturated heterocycles. The van der Waals surface area contributed by atoms with Crippen molar-refractivity contribution in [2.45, 2.75) is 51.6 Å². The smallest absolute Gasteiger partial charge is 0.320 e. The number of urea groups is 1. The first kappa shape index (κ1) is 13.2. The molecule has 5 nitrogen and oxygen atoms in total. The quantitative estimate of drug-likeness (QED) is 0.831. The van der Waals surface area contributed by atoms with E-state index in [1.54, 1.807) is 4.90 Å². The van der Waals surface area contributed by atoms with E-state index in [1.165, 1.54) is 6.42 Å². The van der Waals surface area contributed by atoms with Gasteiger partial charge in [-0.25, -0.2) is 4.79 Å². The SMILES string of the molecule is CCN(C(=O)N1CC2CCC1C2)C(C)CC(=O)O. The number of carbonyl (C=O) groups excluding carboxylic acids is 1. The van der Waals surface area contributed by atoms with Gasteiger partial charge in [-0.2, -0.15) is 0 Å². The minimum Gasteiger partial charge on any atom is -0.481 e. The summed E-state index contributed by atoms with van der Waals surface area (Å²) in [6.45, 7) is 5.15. The first-order valence-corrected chi connectivity index (χ1v) is 6.82. The molecule has 1 heterocycles. The van der Waals surface area contributed by atoms with Crippen LogP contribution in [0.3, 0.4) is 0 Å². The Morgan fingerprint density at radius 1 is 1.44 bits per heavy atom. The number of aliphatic carboxylic acids is 1. The maximum atomic E-state index is 12.4.